The van der Waals surface area contributed by atoms with Gasteiger partial charge in [-0.05, 0) is 55.2 Å². The monoisotopic (exact) mass is 460 g/mol. The summed E-state index contributed by atoms with van der Waals surface area (Å²) in [5.74, 6) is 1.78. The molecular weight excluding hydrogens is 432 g/mol. The van der Waals surface area contributed by atoms with Gasteiger partial charge in [0.05, 0.1) is 18.6 Å². The number of sulfonamides is 1. The Bertz CT molecular complexity index is 1070. The molecule has 4 rings (SSSR count). The number of amides is 1. The summed E-state index contributed by atoms with van der Waals surface area (Å²) >= 11 is 0. The number of hydrogen-bond acceptors (Lipinski definition) is 6. The van der Waals surface area contributed by atoms with Gasteiger partial charge in [0.15, 0.2) is 11.5 Å². The predicted octanol–water partition coefficient (Wildman–Crippen LogP) is 2.37. The van der Waals surface area contributed by atoms with Crippen LogP contribution in [0.25, 0.3) is 0 Å². The number of aryl methyl sites for hydroxylation is 1. The topological polar surface area (TPSA) is 94.2 Å². The van der Waals surface area contributed by atoms with E-state index in [2.05, 4.69) is 5.32 Å². The number of rotatable bonds is 8. The van der Waals surface area contributed by atoms with Gasteiger partial charge >= 0.3 is 0 Å². The van der Waals surface area contributed by atoms with Crippen molar-refractivity contribution in [3.05, 3.63) is 48.0 Å². The Labute approximate surface area is 188 Å². The van der Waals surface area contributed by atoms with Crippen LogP contribution >= 0.6 is 0 Å². The van der Waals surface area contributed by atoms with E-state index in [1.165, 1.54) is 11.4 Å². The van der Waals surface area contributed by atoms with Crippen LogP contribution in [-0.4, -0.2) is 58.1 Å². The summed E-state index contributed by atoms with van der Waals surface area (Å²) in [6, 6.07) is 12.3. The van der Waals surface area contributed by atoms with Gasteiger partial charge < -0.3 is 19.5 Å². The molecule has 2 aromatic rings. The maximum atomic E-state index is 12.9. The van der Waals surface area contributed by atoms with Crippen LogP contribution in [0.1, 0.15) is 24.8 Å². The van der Waals surface area contributed by atoms with E-state index >= 15 is 0 Å². The average Bonchev–Trinajstić information content (AvgIpc) is 3.37. The van der Waals surface area contributed by atoms with Gasteiger partial charge in [0.2, 0.25) is 15.9 Å². The zero-order valence-corrected chi connectivity index (χ0v) is 18.9. The fourth-order valence-corrected chi connectivity index (χ4v) is 5.48. The largest absolute Gasteiger partial charge is 0.496 e. The van der Waals surface area contributed by atoms with Crippen molar-refractivity contribution < 1.29 is 27.4 Å². The second kappa shape index (κ2) is 9.79. The molecular formula is C23H28N2O6S. The molecule has 0 saturated carbocycles. The lowest BCUT2D eigenvalue weighted by atomic mass is 10.1. The highest BCUT2D eigenvalue weighted by Crippen LogP contribution is 2.31. The first kappa shape index (κ1) is 22.4. The van der Waals surface area contributed by atoms with Crippen molar-refractivity contribution in [2.45, 2.75) is 36.7 Å². The number of carbonyl (C=O) groups excluding carboxylic acids is 1. The number of nitrogens with one attached hydrogen (secondary N) is 1. The van der Waals surface area contributed by atoms with Gasteiger partial charge in [0.25, 0.3) is 0 Å². The number of nitrogens with zero attached hydrogens (tertiary/aromatic N) is 1. The van der Waals surface area contributed by atoms with Gasteiger partial charge in [-0.2, -0.15) is 4.31 Å². The molecule has 0 bridgehead atoms. The van der Waals surface area contributed by atoms with Crippen molar-refractivity contribution in [2.24, 2.45) is 0 Å². The lowest BCUT2D eigenvalue weighted by Gasteiger charge is -2.26. The maximum Gasteiger partial charge on any atom is 0.243 e. The Balaban J connectivity index is 1.34. The zero-order valence-electron chi connectivity index (χ0n) is 18.1. The lowest BCUT2D eigenvalue weighted by molar-refractivity contribution is -0.121. The van der Waals surface area contributed by atoms with E-state index in [1.807, 2.05) is 24.3 Å². The number of methoxy groups -OCH3 is 1. The van der Waals surface area contributed by atoms with Gasteiger partial charge in [-0.1, -0.05) is 12.1 Å². The molecule has 1 atom stereocenters. The van der Waals surface area contributed by atoms with Crippen LogP contribution < -0.4 is 19.5 Å². The molecule has 32 heavy (non-hydrogen) atoms. The van der Waals surface area contributed by atoms with E-state index in [0.29, 0.717) is 55.5 Å². The Morgan fingerprint density at radius 1 is 1.16 bits per heavy atom. The minimum atomic E-state index is -3.53. The lowest BCUT2D eigenvalue weighted by Crippen LogP contribution is -2.40. The molecule has 1 fully saturated rings. The highest BCUT2D eigenvalue weighted by atomic mass is 32.2. The van der Waals surface area contributed by atoms with Crippen LogP contribution in [0.5, 0.6) is 17.2 Å². The minimum Gasteiger partial charge on any atom is -0.496 e. The molecule has 2 aromatic carbocycles. The van der Waals surface area contributed by atoms with Crippen molar-refractivity contribution in [1.82, 2.24) is 9.62 Å². The van der Waals surface area contributed by atoms with E-state index in [-0.39, 0.29) is 23.3 Å². The molecule has 0 unspecified atom stereocenters. The molecule has 1 saturated heterocycles. The highest BCUT2D eigenvalue weighted by molar-refractivity contribution is 7.89. The van der Waals surface area contributed by atoms with Crippen molar-refractivity contribution >= 4 is 15.9 Å². The van der Waals surface area contributed by atoms with Crippen molar-refractivity contribution in [1.29, 1.82) is 0 Å². The SMILES string of the molecule is COc1ccc(S(=O)(=O)N2CCCC2)cc1CCC(=O)NC[C@H]1COc2ccccc2O1. The second-order valence-electron chi connectivity index (χ2n) is 7.89. The number of fused-ring (bicyclic) bond motifs is 1. The molecule has 0 radical (unpaired) electrons. The number of para-hydroxylation sites is 2. The molecule has 1 N–H and O–H groups in total. The third-order valence-corrected chi connectivity index (χ3v) is 7.57. The molecule has 2 heterocycles. The summed E-state index contributed by atoms with van der Waals surface area (Å²) in [6.45, 7) is 1.78. The van der Waals surface area contributed by atoms with Gasteiger partial charge in [-0.15, -0.1) is 0 Å². The first-order valence-electron chi connectivity index (χ1n) is 10.8. The summed E-state index contributed by atoms with van der Waals surface area (Å²) in [5.41, 5.74) is 0.689. The van der Waals surface area contributed by atoms with Crippen LogP contribution in [0, 0.1) is 0 Å². The maximum absolute atomic E-state index is 12.9. The van der Waals surface area contributed by atoms with Gasteiger partial charge in [-0.3, -0.25) is 4.79 Å². The third-order valence-electron chi connectivity index (χ3n) is 5.67. The van der Waals surface area contributed by atoms with Crippen LogP contribution in [0.2, 0.25) is 0 Å². The van der Waals surface area contributed by atoms with E-state index in [4.69, 9.17) is 14.2 Å². The van der Waals surface area contributed by atoms with Gasteiger partial charge in [0, 0.05) is 19.5 Å². The Hall–Kier alpha value is -2.78. The zero-order chi connectivity index (χ0) is 22.6. The minimum absolute atomic E-state index is 0.151. The Kier molecular flexibility index (Phi) is 6.86. The van der Waals surface area contributed by atoms with E-state index in [9.17, 15) is 13.2 Å². The standard InChI is InChI=1S/C23H28N2O6S/c1-29-20-10-9-19(32(27,28)25-12-4-5-13-25)14-17(20)8-11-23(26)24-15-18-16-30-21-6-2-3-7-22(21)31-18/h2-3,6-7,9-10,14,18H,4-5,8,11-13,15-16H2,1H3,(H,24,26)/t18-/m0/s1. The van der Waals surface area contributed by atoms with Crippen LogP contribution in [-0.2, 0) is 21.2 Å². The van der Waals surface area contributed by atoms with E-state index in [0.717, 1.165) is 12.8 Å². The fourth-order valence-electron chi connectivity index (χ4n) is 3.92. The molecule has 9 heteroatoms. The van der Waals surface area contributed by atoms with Crippen LogP contribution in [0.4, 0.5) is 0 Å². The Morgan fingerprint density at radius 2 is 1.91 bits per heavy atom. The molecule has 8 nitrogen and oxygen atoms in total. The first-order valence-corrected chi connectivity index (χ1v) is 12.2. The normalized spacial score (nSPS) is 18.3. The predicted molar refractivity (Wildman–Crippen MR) is 119 cm³/mol. The summed E-state index contributed by atoms with van der Waals surface area (Å²) in [4.78, 5) is 12.7. The third kappa shape index (κ3) is 4.99. The van der Waals surface area contributed by atoms with Crippen molar-refractivity contribution in [3.63, 3.8) is 0 Å². The molecule has 172 valence electrons. The van der Waals surface area contributed by atoms with Crippen LogP contribution in [0.3, 0.4) is 0 Å². The molecule has 2 aliphatic rings. The van der Waals surface area contributed by atoms with Crippen molar-refractivity contribution in [2.75, 3.05) is 33.4 Å². The number of ether oxygens (including phenoxy) is 3. The highest BCUT2D eigenvalue weighted by Gasteiger charge is 2.28. The molecule has 0 aliphatic carbocycles. The molecule has 0 aromatic heterocycles. The van der Waals surface area contributed by atoms with Gasteiger partial charge in [0.1, 0.15) is 18.5 Å². The summed E-state index contributed by atoms with van der Waals surface area (Å²) < 4.78 is 44.1. The molecule has 2 aliphatic heterocycles. The first-order chi connectivity index (χ1) is 15.5. The summed E-state index contributed by atoms with van der Waals surface area (Å²) in [6.07, 6.45) is 2.06. The smallest absolute Gasteiger partial charge is 0.243 e. The van der Waals surface area contributed by atoms with E-state index in [1.54, 1.807) is 18.2 Å². The molecule has 1 amide bonds. The second-order valence-corrected chi connectivity index (χ2v) is 9.82. The summed E-state index contributed by atoms with van der Waals surface area (Å²) in [5, 5.41) is 2.87. The van der Waals surface area contributed by atoms with Crippen LogP contribution in [0.15, 0.2) is 47.4 Å². The van der Waals surface area contributed by atoms with Gasteiger partial charge in [-0.25, -0.2) is 8.42 Å². The van der Waals surface area contributed by atoms with Crippen molar-refractivity contribution in [3.8, 4) is 17.2 Å². The van der Waals surface area contributed by atoms with E-state index < -0.39 is 10.0 Å². The summed E-state index contributed by atoms with van der Waals surface area (Å²) in [7, 11) is -1.99. The number of carbonyl (C=O) groups is 1. The molecule has 0 spiro atoms. The average molecular weight is 461 g/mol. The number of hydrogen-bond donors (Lipinski definition) is 1. The quantitative estimate of drug-likeness (QED) is 0.650. The number of benzene rings is 2. The fraction of sp³-hybridized carbons (Fsp3) is 0.435. The Morgan fingerprint density at radius 3 is 2.66 bits per heavy atom.